The molecule has 1 aliphatic carbocycles. The molecular formula is C16H22N4OS. The zero-order valence-corrected chi connectivity index (χ0v) is 13.9. The van der Waals surface area contributed by atoms with Crippen molar-refractivity contribution in [1.29, 1.82) is 0 Å². The van der Waals surface area contributed by atoms with Gasteiger partial charge in [-0.2, -0.15) is 0 Å². The first-order chi connectivity index (χ1) is 10.6. The third-order valence-corrected chi connectivity index (χ3v) is 5.88. The molecule has 1 N–H and O–H groups in total. The van der Waals surface area contributed by atoms with Crippen molar-refractivity contribution >= 4 is 22.2 Å². The number of nitrogens with zero attached hydrogens (tertiary/aromatic N) is 3. The van der Waals surface area contributed by atoms with Crippen molar-refractivity contribution in [3.05, 3.63) is 22.5 Å². The fraction of sp³-hybridized carbons (Fsp3) is 0.625. The summed E-state index contributed by atoms with van der Waals surface area (Å²) in [7, 11) is 0. The molecule has 118 valence electrons. The Hall–Kier alpha value is -1.40. The minimum atomic E-state index is 0.170. The van der Waals surface area contributed by atoms with E-state index in [2.05, 4.69) is 39.6 Å². The summed E-state index contributed by atoms with van der Waals surface area (Å²) in [4.78, 5) is 21.4. The second kappa shape index (κ2) is 5.35. The Bertz CT molecular complexity index is 719. The van der Waals surface area contributed by atoms with Gasteiger partial charge in [-0.3, -0.25) is 14.1 Å². The molecule has 0 spiro atoms. The van der Waals surface area contributed by atoms with E-state index in [-0.39, 0.29) is 5.91 Å². The van der Waals surface area contributed by atoms with Crippen LogP contribution in [0.25, 0.3) is 4.96 Å². The van der Waals surface area contributed by atoms with Gasteiger partial charge in [-0.25, -0.2) is 4.98 Å². The van der Waals surface area contributed by atoms with Crippen LogP contribution in [0.1, 0.15) is 41.9 Å². The maximum absolute atomic E-state index is 12.0. The predicted octanol–water partition coefficient (Wildman–Crippen LogP) is 2.26. The van der Waals surface area contributed by atoms with Gasteiger partial charge in [0.15, 0.2) is 4.96 Å². The van der Waals surface area contributed by atoms with Gasteiger partial charge in [0, 0.05) is 29.7 Å². The van der Waals surface area contributed by atoms with E-state index in [1.165, 1.54) is 29.8 Å². The number of fused-ring (bicyclic) bond motifs is 2. The van der Waals surface area contributed by atoms with E-state index >= 15 is 0 Å². The SMILES string of the molecule is Cc1cn2c(CN3CC(=O)N[C@@H]4CCCC[C@@H]43)c(C)nc2s1. The summed E-state index contributed by atoms with van der Waals surface area (Å²) in [6, 6.07) is 0.819. The number of nitrogens with one attached hydrogen (secondary N) is 1. The fourth-order valence-corrected chi connectivity index (χ4v) is 4.83. The molecule has 1 saturated carbocycles. The summed E-state index contributed by atoms with van der Waals surface area (Å²) in [6.45, 7) is 5.52. The van der Waals surface area contributed by atoms with E-state index in [0.717, 1.165) is 23.6 Å². The van der Waals surface area contributed by atoms with Gasteiger partial charge in [-0.1, -0.05) is 12.8 Å². The van der Waals surface area contributed by atoms with Crippen LogP contribution in [0, 0.1) is 13.8 Å². The maximum Gasteiger partial charge on any atom is 0.234 e. The summed E-state index contributed by atoms with van der Waals surface area (Å²) in [6.07, 6.45) is 6.97. The van der Waals surface area contributed by atoms with Crippen LogP contribution in [0.15, 0.2) is 6.20 Å². The van der Waals surface area contributed by atoms with Crippen LogP contribution in [0.4, 0.5) is 0 Å². The van der Waals surface area contributed by atoms with Crippen LogP contribution in [0.5, 0.6) is 0 Å². The molecule has 5 nitrogen and oxygen atoms in total. The van der Waals surface area contributed by atoms with Crippen molar-refractivity contribution < 1.29 is 4.79 Å². The Balaban J connectivity index is 1.65. The summed E-state index contributed by atoms with van der Waals surface area (Å²) in [5.74, 6) is 0.170. The molecule has 2 aromatic heterocycles. The lowest BCUT2D eigenvalue weighted by molar-refractivity contribution is -0.128. The van der Waals surface area contributed by atoms with Crippen molar-refractivity contribution in [1.82, 2.24) is 19.6 Å². The van der Waals surface area contributed by atoms with Gasteiger partial charge in [0.05, 0.1) is 17.9 Å². The van der Waals surface area contributed by atoms with E-state index in [1.807, 2.05) is 0 Å². The normalized spacial score (nSPS) is 26.2. The van der Waals surface area contributed by atoms with Gasteiger partial charge < -0.3 is 5.32 Å². The Morgan fingerprint density at radius 2 is 2.18 bits per heavy atom. The highest BCUT2D eigenvalue weighted by Crippen LogP contribution is 2.28. The smallest absolute Gasteiger partial charge is 0.234 e. The molecule has 22 heavy (non-hydrogen) atoms. The minimum absolute atomic E-state index is 0.170. The topological polar surface area (TPSA) is 49.6 Å². The zero-order chi connectivity index (χ0) is 15.3. The van der Waals surface area contributed by atoms with Crippen molar-refractivity contribution in [3.8, 4) is 0 Å². The monoisotopic (exact) mass is 318 g/mol. The van der Waals surface area contributed by atoms with Crippen LogP contribution in [0.3, 0.4) is 0 Å². The van der Waals surface area contributed by atoms with Gasteiger partial charge >= 0.3 is 0 Å². The van der Waals surface area contributed by atoms with Crippen molar-refractivity contribution in [3.63, 3.8) is 0 Å². The highest BCUT2D eigenvalue weighted by molar-refractivity contribution is 7.17. The number of rotatable bonds is 2. The predicted molar refractivity (Wildman–Crippen MR) is 87.1 cm³/mol. The molecule has 1 saturated heterocycles. The van der Waals surface area contributed by atoms with Crippen molar-refractivity contribution in [2.75, 3.05) is 6.54 Å². The van der Waals surface area contributed by atoms with Gasteiger partial charge in [0.1, 0.15) is 0 Å². The van der Waals surface area contributed by atoms with E-state index in [1.54, 1.807) is 11.3 Å². The molecule has 0 radical (unpaired) electrons. The summed E-state index contributed by atoms with van der Waals surface area (Å²) >= 11 is 1.73. The van der Waals surface area contributed by atoms with Crippen LogP contribution >= 0.6 is 11.3 Å². The quantitative estimate of drug-likeness (QED) is 0.924. The number of hydrogen-bond donors (Lipinski definition) is 1. The standard InChI is InChI=1S/C16H22N4OS/c1-10-7-20-14(11(2)17-16(20)22-10)8-19-9-15(21)18-12-5-3-4-6-13(12)19/h7,12-13H,3-6,8-9H2,1-2H3,(H,18,21)/t12-,13+/m1/s1. The number of amides is 1. The van der Waals surface area contributed by atoms with Crippen LogP contribution < -0.4 is 5.32 Å². The molecule has 3 heterocycles. The van der Waals surface area contributed by atoms with Crippen molar-refractivity contribution in [2.24, 2.45) is 0 Å². The minimum Gasteiger partial charge on any atom is -0.351 e. The largest absolute Gasteiger partial charge is 0.351 e. The van der Waals surface area contributed by atoms with Crippen LogP contribution in [-0.4, -0.2) is 38.8 Å². The second-order valence-electron chi connectivity index (χ2n) is 6.57. The molecule has 1 aliphatic heterocycles. The number of aromatic nitrogens is 2. The lowest BCUT2D eigenvalue weighted by Gasteiger charge is -2.43. The highest BCUT2D eigenvalue weighted by atomic mass is 32.1. The lowest BCUT2D eigenvalue weighted by atomic mass is 9.87. The molecule has 0 bridgehead atoms. The number of thiazole rings is 1. The van der Waals surface area contributed by atoms with Gasteiger partial charge in [0.25, 0.3) is 0 Å². The first kappa shape index (κ1) is 14.2. The molecule has 2 fully saturated rings. The molecule has 2 aliphatic rings. The molecule has 6 heteroatoms. The highest BCUT2D eigenvalue weighted by Gasteiger charge is 2.36. The number of imidazole rings is 1. The number of piperazine rings is 1. The molecule has 2 aromatic rings. The number of aryl methyl sites for hydroxylation is 2. The summed E-state index contributed by atoms with van der Waals surface area (Å²) in [5.41, 5.74) is 2.32. The molecular weight excluding hydrogens is 296 g/mol. The number of carbonyl (C=O) groups excluding carboxylic acids is 1. The van der Waals surface area contributed by atoms with E-state index < -0.39 is 0 Å². The Kier molecular flexibility index (Phi) is 3.46. The number of carbonyl (C=O) groups is 1. The number of hydrogen-bond acceptors (Lipinski definition) is 4. The van der Waals surface area contributed by atoms with Crippen LogP contribution in [-0.2, 0) is 11.3 Å². The van der Waals surface area contributed by atoms with Crippen LogP contribution in [0.2, 0.25) is 0 Å². The van der Waals surface area contributed by atoms with Gasteiger partial charge in [0.2, 0.25) is 5.91 Å². The van der Waals surface area contributed by atoms with Gasteiger partial charge in [-0.15, -0.1) is 11.3 Å². The molecule has 0 aromatic carbocycles. The second-order valence-corrected chi connectivity index (χ2v) is 7.78. The molecule has 4 rings (SSSR count). The molecule has 0 unspecified atom stereocenters. The average molecular weight is 318 g/mol. The van der Waals surface area contributed by atoms with Gasteiger partial charge in [-0.05, 0) is 26.7 Å². The zero-order valence-electron chi connectivity index (χ0n) is 13.1. The fourth-order valence-electron chi connectivity index (χ4n) is 3.94. The first-order valence-electron chi connectivity index (χ1n) is 8.09. The molecule has 1 amide bonds. The third-order valence-electron chi connectivity index (χ3n) is 4.99. The van der Waals surface area contributed by atoms with E-state index in [0.29, 0.717) is 18.6 Å². The summed E-state index contributed by atoms with van der Waals surface area (Å²) in [5, 5.41) is 3.18. The first-order valence-corrected chi connectivity index (χ1v) is 8.91. The van der Waals surface area contributed by atoms with E-state index in [9.17, 15) is 4.79 Å². The Morgan fingerprint density at radius 1 is 1.36 bits per heavy atom. The Morgan fingerprint density at radius 3 is 3.05 bits per heavy atom. The maximum atomic E-state index is 12.0. The molecule has 2 atom stereocenters. The average Bonchev–Trinajstić information content (AvgIpc) is 2.96. The van der Waals surface area contributed by atoms with E-state index in [4.69, 9.17) is 0 Å². The van der Waals surface area contributed by atoms with Crippen molar-refractivity contribution in [2.45, 2.75) is 58.2 Å². The summed E-state index contributed by atoms with van der Waals surface area (Å²) < 4.78 is 2.21. The Labute approximate surface area is 134 Å². The lowest BCUT2D eigenvalue weighted by Crippen LogP contribution is -2.61. The third kappa shape index (κ3) is 2.34.